The fourth-order valence-electron chi connectivity index (χ4n) is 3.92. The second kappa shape index (κ2) is 7.53. The molecule has 3 aromatic heterocycles. The summed E-state index contributed by atoms with van der Waals surface area (Å²) in [5.41, 5.74) is 8.43. The number of furan rings is 1. The number of hydrogen-bond donors (Lipinski definition) is 1. The fourth-order valence-corrected chi connectivity index (χ4v) is 4.82. The highest BCUT2D eigenvalue weighted by atomic mass is 32.2. The first-order valence-corrected chi connectivity index (χ1v) is 11.5. The number of pyridine rings is 2. The van der Waals surface area contributed by atoms with Gasteiger partial charge in [0.1, 0.15) is 11.3 Å². The molecule has 3 aromatic rings. The van der Waals surface area contributed by atoms with Crippen LogP contribution in [0.25, 0.3) is 22.1 Å². The molecule has 9 nitrogen and oxygen atoms in total. The van der Waals surface area contributed by atoms with Crippen LogP contribution in [0.4, 0.5) is 5.69 Å². The molecular formula is C20H25N5O4S. The summed E-state index contributed by atoms with van der Waals surface area (Å²) in [4.78, 5) is 18.9. The number of fused-ring (bicyclic) bond motifs is 1. The van der Waals surface area contributed by atoms with Gasteiger partial charge in [-0.3, -0.25) is 14.7 Å². The van der Waals surface area contributed by atoms with Crippen LogP contribution >= 0.6 is 0 Å². The Bertz CT molecular complexity index is 1260. The quantitative estimate of drug-likeness (QED) is 0.661. The number of anilines is 1. The lowest BCUT2D eigenvalue weighted by Crippen LogP contribution is -2.52. The number of hydrogen-bond acceptors (Lipinski definition) is 7. The van der Waals surface area contributed by atoms with Crippen LogP contribution in [0.1, 0.15) is 12.7 Å². The number of rotatable bonds is 4. The minimum absolute atomic E-state index is 0.0276. The first-order valence-electron chi connectivity index (χ1n) is 9.66. The molecular weight excluding hydrogens is 406 g/mol. The van der Waals surface area contributed by atoms with E-state index in [9.17, 15) is 13.2 Å². The van der Waals surface area contributed by atoms with Gasteiger partial charge in [-0.1, -0.05) is 0 Å². The van der Waals surface area contributed by atoms with E-state index in [0.29, 0.717) is 48.6 Å². The van der Waals surface area contributed by atoms with Crippen molar-refractivity contribution >= 4 is 26.7 Å². The molecule has 1 aliphatic rings. The third-order valence-electron chi connectivity index (χ3n) is 5.60. The molecule has 1 saturated heterocycles. The van der Waals surface area contributed by atoms with Crippen molar-refractivity contribution < 1.29 is 12.8 Å². The largest absolute Gasteiger partial charge is 0.459 e. The van der Waals surface area contributed by atoms with E-state index in [1.165, 1.54) is 15.1 Å². The predicted molar refractivity (Wildman–Crippen MR) is 115 cm³/mol. The Morgan fingerprint density at radius 2 is 2.07 bits per heavy atom. The highest BCUT2D eigenvalue weighted by molar-refractivity contribution is 7.88. The number of nitrogens with two attached hydrogens (primary N) is 1. The summed E-state index contributed by atoms with van der Waals surface area (Å²) in [7, 11) is -1.51. The van der Waals surface area contributed by atoms with Gasteiger partial charge in [-0.05, 0) is 19.1 Å². The zero-order valence-electron chi connectivity index (χ0n) is 17.2. The van der Waals surface area contributed by atoms with Crippen LogP contribution < -0.4 is 11.3 Å². The maximum absolute atomic E-state index is 12.7. The van der Waals surface area contributed by atoms with Gasteiger partial charge < -0.3 is 14.7 Å². The van der Waals surface area contributed by atoms with Gasteiger partial charge in [0.05, 0.1) is 30.1 Å². The average Bonchev–Trinajstić information content (AvgIpc) is 3.10. The van der Waals surface area contributed by atoms with Crippen LogP contribution in [0.5, 0.6) is 0 Å². The Morgan fingerprint density at radius 3 is 2.73 bits per heavy atom. The molecule has 0 aromatic carbocycles. The minimum Gasteiger partial charge on any atom is -0.459 e. The summed E-state index contributed by atoms with van der Waals surface area (Å²) in [5, 5.41) is 0.489. The first-order chi connectivity index (χ1) is 14.1. The maximum Gasteiger partial charge on any atom is 0.261 e. The van der Waals surface area contributed by atoms with Gasteiger partial charge in [0.15, 0.2) is 0 Å². The summed E-state index contributed by atoms with van der Waals surface area (Å²) in [6, 6.07) is 3.59. The van der Waals surface area contributed by atoms with Crippen LogP contribution in [0, 0.1) is 0 Å². The Kier molecular flexibility index (Phi) is 5.16. The molecule has 30 heavy (non-hydrogen) atoms. The van der Waals surface area contributed by atoms with Crippen LogP contribution in [0.2, 0.25) is 0 Å². The molecule has 4 heterocycles. The molecule has 0 saturated carbocycles. The van der Waals surface area contributed by atoms with Crippen LogP contribution in [0.3, 0.4) is 0 Å². The monoisotopic (exact) mass is 431 g/mol. The molecule has 4 rings (SSSR count). The van der Waals surface area contributed by atoms with E-state index in [0.717, 1.165) is 11.1 Å². The SMILES string of the molecule is CC1CN(S(C)(=O)=O)CCN1Cc1cc2c(=O)n(C)cc(-c3ccncc3N)c2o1. The predicted octanol–water partition coefficient (Wildman–Crippen LogP) is 1.24. The number of aromatic nitrogens is 2. The number of aryl methyl sites for hydroxylation is 1. The number of nitrogen functional groups attached to an aromatic ring is 1. The lowest BCUT2D eigenvalue weighted by Gasteiger charge is -2.38. The molecule has 1 fully saturated rings. The molecule has 1 aliphatic heterocycles. The van der Waals surface area contributed by atoms with Crippen molar-refractivity contribution in [2.24, 2.45) is 7.05 Å². The molecule has 2 N–H and O–H groups in total. The van der Waals surface area contributed by atoms with Crippen molar-refractivity contribution in [2.45, 2.75) is 19.5 Å². The topological polar surface area (TPSA) is 115 Å². The molecule has 1 unspecified atom stereocenters. The van der Waals surface area contributed by atoms with Gasteiger partial charge in [-0.2, -0.15) is 4.31 Å². The highest BCUT2D eigenvalue weighted by Crippen LogP contribution is 2.32. The van der Waals surface area contributed by atoms with E-state index in [1.54, 1.807) is 37.8 Å². The molecule has 0 amide bonds. The molecule has 0 spiro atoms. The van der Waals surface area contributed by atoms with Gasteiger partial charge in [-0.15, -0.1) is 0 Å². The van der Waals surface area contributed by atoms with E-state index < -0.39 is 10.0 Å². The second-order valence-corrected chi connectivity index (χ2v) is 9.80. The first kappa shape index (κ1) is 20.6. The standard InChI is InChI=1S/C20H25N5O4S/c1-13-10-25(30(3,27)28)7-6-24(13)11-14-8-16-19(29-14)17(12-23(2)20(16)26)15-4-5-22-9-18(15)21/h4-5,8-9,12-13H,6-7,10-11,21H2,1-3H3. The summed E-state index contributed by atoms with van der Waals surface area (Å²) in [5.74, 6) is 0.654. The number of sulfonamides is 1. The number of piperazine rings is 1. The van der Waals surface area contributed by atoms with Gasteiger partial charge in [0.2, 0.25) is 10.0 Å². The van der Waals surface area contributed by atoms with Crippen LogP contribution in [-0.2, 0) is 23.6 Å². The summed E-state index contributed by atoms with van der Waals surface area (Å²) in [6.45, 7) is 3.93. The third kappa shape index (κ3) is 3.73. The van der Waals surface area contributed by atoms with E-state index in [4.69, 9.17) is 10.2 Å². The normalized spacial score (nSPS) is 18.8. The van der Waals surface area contributed by atoms with Crippen molar-refractivity contribution in [2.75, 3.05) is 31.6 Å². The minimum atomic E-state index is -3.20. The third-order valence-corrected chi connectivity index (χ3v) is 6.87. The van der Waals surface area contributed by atoms with E-state index in [1.807, 2.05) is 6.92 Å². The molecule has 0 bridgehead atoms. The van der Waals surface area contributed by atoms with Gasteiger partial charge >= 0.3 is 0 Å². The van der Waals surface area contributed by atoms with E-state index in [-0.39, 0.29) is 11.6 Å². The molecule has 0 aliphatic carbocycles. The lowest BCUT2D eigenvalue weighted by molar-refractivity contribution is 0.115. The fraction of sp³-hybridized carbons (Fsp3) is 0.400. The van der Waals surface area contributed by atoms with Crippen molar-refractivity contribution in [3.63, 3.8) is 0 Å². The molecule has 10 heteroatoms. The van der Waals surface area contributed by atoms with E-state index >= 15 is 0 Å². The Labute approximate surface area is 174 Å². The molecule has 1 atom stereocenters. The van der Waals surface area contributed by atoms with Gasteiger partial charge in [0, 0.05) is 56.2 Å². The van der Waals surface area contributed by atoms with Crippen molar-refractivity contribution in [1.82, 2.24) is 18.8 Å². The highest BCUT2D eigenvalue weighted by Gasteiger charge is 2.29. The number of nitrogens with zero attached hydrogens (tertiary/aromatic N) is 4. The van der Waals surface area contributed by atoms with Gasteiger partial charge in [0.25, 0.3) is 5.56 Å². The van der Waals surface area contributed by atoms with Crippen LogP contribution in [-0.4, -0.2) is 59.1 Å². The molecule has 0 radical (unpaired) electrons. The Balaban J connectivity index is 1.69. The van der Waals surface area contributed by atoms with Crippen molar-refractivity contribution in [1.29, 1.82) is 0 Å². The Hall–Kier alpha value is -2.69. The van der Waals surface area contributed by atoms with Crippen LogP contribution in [0.15, 0.2) is 39.9 Å². The zero-order chi connectivity index (χ0) is 21.6. The second-order valence-electron chi connectivity index (χ2n) is 7.82. The average molecular weight is 432 g/mol. The molecule has 160 valence electrons. The van der Waals surface area contributed by atoms with Gasteiger partial charge in [-0.25, -0.2) is 8.42 Å². The van der Waals surface area contributed by atoms with Crippen molar-refractivity contribution in [3.8, 4) is 11.1 Å². The summed E-state index contributed by atoms with van der Waals surface area (Å²) >= 11 is 0. The zero-order valence-corrected chi connectivity index (χ0v) is 18.0. The summed E-state index contributed by atoms with van der Waals surface area (Å²) < 4.78 is 32.8. The summed E-state index contributed by atoms with van der Waals surface area (Å²) in [6.07, 6.45) is 6.17. The van der Waals surface area contributed by atoms with Crippen molar-refractivity contribution in [3.05, 3.63) is 46.8 Å². The maximum atomic E-state index is 12.7. The smallest absolute Gasteiger partial charge is 0.261 e. The lowest BCUT2D eigenvalue weighted by atomic mass is 10.1. The Morgan fingerprint density at radius 1 is 1.30 bits per heavy atom. The van der Waals surface area contributed by atoms with E-state index in [2.05, 4.69) is 9.88 Å².